The Balaban J connectivity index is 2.07. The Morgan fingerprint density at radius 1 is 1.00 bits per heavy atom. The average molecular weight is 328 g/mol. The van der Waals surface area contributed by atoms with Crippen LogP contribution in [0.2, 0.25) is 0 Å². The molecule has 132 valence electrons. The van der Waals surface area contributed by atoms with Gasteiger partial charge in [-0.15, -0.1) is 11.8 Å². The highest BCUT2D eigenvalue weighted by Gasteiger charge is 2.51. The SMILES string of the molecule is CCC#CC[C@@H](O)[C@H]1OC(C)(C)O[C@H]1[C@H](O)[C@H]1COC(C)(C)O1. The van der Waals surface area contributed by atoms with E-state index in [9.17, 15) is 10.2 Å². The first-order valence-electron chi connectivity index (χ1n) is 8.14. The molecule has 0 aliphatic carbocycles. The number of ether oxygens (including phenoxy) is 4. The Labute approximate surface area is 138 Å². The van der Waals surface area contributed by atoms with Gasteiger partial charge < -0.3 is 29.2 Å². The second kappa shape index (κ2) is 7.06. The predicted molar refractivity (Wildman–Crippen MR) is 83.4 cm³/mol. The molecule has 0 aromatic heterocycles. The van der Waals surface area contributed by atoms with E-state index in [1.807, 2.05) is 6.92 Å². The molecule has 0 bridgehead atoms. The van der Waals surface area contributed by atoms with Crippen LogP contribution >= 0.6 is 0 Å². The molecule has 2 fully saturated rings. The van der Waals surface area contributed by atoms with Crippen molar-refractivity contribution in [1.29, 1.82) is 0 Å². The minimum absolute atomic E-state index is 0.271. The van der Waals surface area contributed by atoms with E-state index in [1.54, 1.807) is 27.7 Å². The molecule has 5 atom stereocenters. The van der Waals surface area contributed by atoms with E-state index in [0.29, 0.717) is 0 Å². The summed E-state index contributed by atoms with van der Waals surface area (Å²) in [4.78, 5) is 0. The number of hydrogen-bond donors (Lipinski definition) is 2. The number of aliphatic hydroxyl groups excluding tert-OH is 2. The van der Waals surface area contributed by atoms with Crippen molar-refractivity contribution in [1.82, 2.24) is 0 Å². The van der Waals surface area contributed by atoms with Crippen LogP contribution in [-0.4, -0.2) is 58.9 Å². The minimum Gasteiger partial charge on any atom is -0.389 e. The average Bonchev–Trinajstić information content (AvgIpc) is 2.97. The first-order valence-corrected chi connectivity index (χ1v) is 8.14. The fourth-order valence-corrected chi connectivity index (χ4v) is 2.89. The first-order chi connectivity index (χ1) is 10.7. The van der Waals surface area contributed by atoms with E-state index in [0.717, 1.165) is 6.42 Å². The quantitative estimate of drug-likeness (QED) is 0.755. The molecule has 0 spiro atoms. The lowest BCUT2D eigenvalue weighted by Gasteiger charge is -2.28. The van der Waals surface area contributed by atoms with Gasteiger partial charge in [-0.05, 0) is 27.7 Å². The fourth-order valence-electron chi connectivity index (χ4n) is 2.89. The molecule has 0 radical (unpaired) electrons. The predicted octanol–water partition coefficient (Wildman–Crippen LogP) is 1.18. The molecule has 0 aromatic carbocycles. The Bertz CT molecular complexity index is 463. The Hall–Kier alpha value is -0.680. The summed E-state index contributed by atoms with van der Waals surface area (Å²) in [6, 6.07) is 0. The van der Waals surface area contributed by atoms with Crippen molar-refractivity contribution in [3.8, 4) is 11.8 Å². The van der Waals surface area contributed by atoms with Gasteiger partial charge in [0.05, 0.1) is 12.7 Å². The Morgan fingerprint density at radius 3 is 2.22 bits per heavy atom. The van der Waals surface area contributed by atoms with Gasteiger partial charge in [0.1, 0.15) is 24.4 Å². The van der Waals surface area contributed by atoms with Crippen molar-refractivity contribution in [2.45, 2.75) is 89.6 Å². The molecule has 2 N–H and O–H groups in total. The lowest BCUT2D eigenvalue weighted by molar-refractivity contribution is -0.179. The van der Waals surface area contributed by atoms with E-state index < -0.39 is 42.1 Å². The van der Waals surface area contributed by atoms with Crippen LogP contribution in [0.1, 0.15) is 47.5 Å². The van der Waals surface area contributed by atoms with Crippen molar-refractivity contribution in [3.05, 3.63) is 0 Å². The summed E-state index contributed by atoms with van der Waals surface area (Å²) in [6.45, 7) is 9.32. The van der Waals surface area contributed by atoms with Gasteiger partial charge in [0, 0.05) is 12.8 Å². The molecular weight excluding hydrogens is 300 g/mol. The van der Waals surface area contributed by atoms with Crippen molar-refractivity contribution in [2.75, 3.05) is 6.61 Å². The van der Waals surface area contributed by atoms with Gasteiger partial charge in [-0.2, -0.15) is 0 Å². The van der Waals surface area contributed by atoms with Crippen LogP contribution in [0.4, 0.5) is 0 Å². The fraction of sp³-hybridized carbons (Fsp3) is 0.882. The van der Waals surface area contributed by atoms with Crippen LogP contribution < -0.4 is 0 Å². The molecule has 2 aliphatic rings. The maximum absolute atomic E-state index is 10.6. The maximum atomic E-state index is 10.6. The van der Waals surface area contributed by atoms with E-state index >= 15 is 0 Å². The van der Waals surface area contributed by atoms with Gasteiger partial charge in [-0.3, -0.25) is 0 Å². The van der Waals surface area contributed by atoms with Crippen molar-refractivity contribution < 1.29 is 29.2 Å². The van der Waals surface area contributed by atoms with Crippen LogP contribution in [0.5, 0.6) is 0 Å². The Morgan fingerprint density at radius 2 is 1.65 bits per heavy atom. The van der Waals surface area contributed by atoms with Gasteiger partial charge in [0.2, 0.25) is 0 Å². The molecule has 2 heterocycles. The number of rotatable bonds is 4. The monoisotopic (exact) mass is 328 g/mol. The van der Waals surface area contributed by atoms with Gasteiger partial charge in [-0.25, -0.2) is 0 Å². The summed E-state index contributed by atoms with van der Waals surface area (Å²) in [5, 5.41) is 21.0. The van der Waals surface area contributed by atoms with E-state index in [1.165, 1.54) is 0 Å². The highest BCUT2D eigenvalue weighted by molar-refractivity contribution is 5.03. The smallest absolute Gasteiger partial charge is 0.164 e. The standard InChI is InChI=1S/C17H28O6/c1-6-7-8-9-11(18)14-15(23-17(4,5)22-14)13(19)12-10-20-16(2,3)21-12/h11-15,18-19H,6,9-10H2,1-5H3/t11-,12-,13-,14-,15+/m1/s1. The van der Waals surface area contributed by atoms with Crippen molar-refractivity contribution in [3.63, 3.8) is 0 Å². The molecule has 6 nitrogen and oxygen atoms in total. The van der Waals surface area contributed by atoms with Gasteiger partial charge in [0.15, 0.2) is 11.6 Å². The molecule has 0 saturated carbocycles. The van der Waals surface area contributed by atoms with E-state index in [2.05, 4.69) is 11.8 Å². The molecule has 6 heteroatoms. The third kappa shape index (κ3) is 4.66. The number of hydrogen-bond acceptors (Lipinski definition) is 6. The van der Waals surface area contributed by atoms with E-state index in [4.69, 9.17) is 18.9 Å². The van der Waals surface area contributed by atoms with Crippen LogP contribution in [0.3, 0.4) is 0 Å². The second-order valence-corrected chi connectivity index (χ2v) is 6.90. The molecule has 0 aromatic rings. The van der Waals surface area contributed by atoms with Crippen LogP contribution in [0.25, 0.3) is 0 Å². The van der Waals surface area contributed by atoms with Gasteiger partial charge in [-0.1, -0.05) is 6.92 Å². The molecule has 2 rings (SSSR count). The van der Waals surface area contributed by atoms with Crippen molar-refractivity contribution in [2.24, 2.45) is 0 Å². The van der Waals surface area contributed by atoms with Crippen LogP contribution in [0, 0.1) is 11.8 Å². The van der Waals surface area contributed by atoms with Crippen molar-refractivity contribution >= 4 is 0 Å². The minimum atomic E-state index is -0.961. The largest absolute Gasteiger partial charge is 0.389 e. The zero-order chi connectivity index (χ0) is 17.3. The first kappa shape index (κ1) is 18.7. The summed E-state index contributed by atoms with van der Waals surface area (Å²) in [5.74, 6) is 4.21. The molecule has 0 unspecified atom stereocenters. The highest BCUT2D eigenvalue weighted by Crippen LogP contribution is 2.35. The lowest BCUT2D eigenvalue weighted by atomic mass is 9.98. The molecule has 0 amide bonds. The third-order valence-corrected chi connectivity index (χ3v) is 3.90. The molecule has 2 saturated heterocycles. The third-order valence-electron chi connectivity index (χ3n) is 3.90. The molecule has 23 heavy (non-hydrogen) atoms. The summed E-state index contributed by atoms with van der Waals surface area (Å²) in [6.07, 6.45) is -2.69. The number of aliphatic hydroxyl groups is 2. The second-order valence-electron chi connectivity index (χ2n) is 6.90. The van der Waals surface area contributed by atoms with Crippen LogP contribution in [0.15, 0.2) is 0 Å². The normalized spacial score (nSPS) is 34.7. The summed E-state index contributed by atoms with van der Waals surface area (Å²) in [5.41, 5.74) is 0. The van der Waals surface area contributed by atoms with Crippen LogP contribution in [-0.2, 0) is 18.9 Å². The zero-order valence-corrected chi connectivity index (χ0v) is 14.5. The highest BCUT2D eigenvalue weighted by atomic mass is 16.8. The Kier molecular flexibility index (Phi) is 5.72. The summed E-state index contributed by atoms with van der Waals surface area (Å²) >= 11 is 0. The summed E-state index contributed by atoms with van der Waals surface area (Å²) in [7, 11) is 0. The lowest BCUT2D eigenvalue weighted by Crippen LogP contribution is -2.48. The van der Waals surface area contributed by atoms with Gasteiger partial charge in [0.25, 0.3) is 0 Å². The van der Waals surface area contributed by atoms with Gasteiger partial charge >= 0.3 is 0 Å². The van der Waals surface area contributed by atoms with E-state index in [-0.39, 0.29) is 13.0 Å². The molecule has 2 aliphatic heterocycles. The maximum Gasteiger partial charge on any atom is 0.164 e. The zero-order valence-electron chi connectivity index (χ0n) is 14.5. The summed E-state index contributed by atoms with van der Waals surface area (Å²) < 4.78 is 22.8. The topological polar surface area (TPSA) is 77.4 Å². The molecular formula is C17H28O6.